The molecule has 1 fully saturated rings. The van der Waals surface area contributed by atoms with Crippen LogP contribution < -0.4 is 21.5 Å². The quantitative estimate of drug-likeness (QED) is 0.322. The number of anilines is 2. The van der Waals surface area contributed by atoms with Gasteiger partial charge in [0, 0.05) is 38.1 Å². The Balaban J connectivity index is 1.50. The van der Waals surface area contributed by atoms with Crippen LogP contribution in [0.5, 0.6) is 0 Å². The van der Waals surface area contributed by atoms with Crippen LogP contribution in [-0.4, -0.2) is 43.2 Å². The Hall–Kier alpha value is -4.50. The first-order chi connectivity index (χ1) is 19.2. The van der Waals surface area contributed by atoms with Crippen LogP contribution in [0.2, 0.25) is 0 Å². The van der Waals surface area contributed by atoms with Crippen LogP contribution in [0.25, 0.3) is 11.2 Å². The highest BCUT2D eigenvalue weighted by atomic mass is 16.1. The number of hydrogen-bond donors (Lipinski definition) is 2. The molecule has 0 aliphatic carbocycles. The predicted octanol–water partition coefficient (Wildman–Crippen LogP) is 3.62. The first kappa shape index (κ1) is 24.8. The van der Waals surface area contributed by atoms with Crippen LogP contribution in [0.4, 0.5) is 11.9 Å². The Morgan fingerprint density at radius 3 is 2.23 bits per heavy atom. The van der Waals surface area contributed by atoms with Gasteiger partial charge in [0.15, 0.2) is 11.2 Å². The lowest BCUT2D eigenvalue weighted by Gasteiger charge is -2.31. The Kier molecular flexibility index (Phi) is 7.05. The van der Waals surface area contributed by atoms with Crippen LogP contribution in [0.1, 0.15) is 29.5 Å². The lowest BCUT2D eigenvalue weighted by atomic mass is 10.1. The molecular weight excluding hydrogens is 488 g/mol. The van der Waals surface area contributed by atoms with Crippen molar-refractivity contribution in [1.29, 1.82) is 0 Å². The number of hydrogen-bond acceptors (Lipinski definition) is 7. The summed E-state index contributed by atoms with van der Waals surface area (Å²) in [5.74, 6) is 1.23. The third-order valence-electron chi connectivity index (χ3n) is 7.15. The van der Waals surface area contributed by atoms with Gasteiger partial charge in [-0.2, -0.15) is 9.97 Å². The molecule has 1 aliphatic rings. The summed E-state index contributed by atoms with van der Waals surface area (Å²) in [6.45, 7) is 2.95. The Morgan fingerprint density at radius 2 is 1.51 bits per heavy atom. The van der Waals surface area contributed by atoms with Gasteiger partial charge in [-0.3, -0.25) is 18.9 Å². The number of aromatic nitrogens is 5. The van der Waals surface area contributed by atoms with Crippen molar-refractivity contribution in [3.8, 4) is 0 Å². The monoisotopic (exact) mass is 520 g/mol. The van der Waals surface area contributed by atoms with Crippen molar-refractivity contribution in [3.63, 3.8) is 0 Å². The first-order valence-corrected chi connectivity index (χ1v) is 13.4. The molecule has 9 nitrogen and oxygen atoms in total. The number of imidazole rings is 1. The van der Waals surface area contributed by atoms with Gasteiger partial charge in [-0.1, -0.05) is 60.7 Å². The molecule has 3 N–H and O–H groups in total. The van der Waals surface area contributed by atoms with Gasteiger partial charge >= 0.3 is 0 Å². The summed E-state index contributed by atoms with van der Waals surface area (Å²) in [5.41, 5.74) is 10.3. The van der Waals surface area contributed by atoms with Crippen LogP contribution >= 0.6 is 0 Å². The highest BCUT2D eigenvalue weighted by molar-refractivity contribution is 5.76. The van der Waals surface area contributed by atoms with Gasteiger partial charge in [-0.15, -0.1) is 0 Å². The van der Waals surface area contributed by atoms with E-state index in [4.69, 9.17) is 15.7 Å². The highest BCUT2D eigenvalue weighted by Gasteiger charge is 2.26. The van der Waals surface area contributed by atoms with Crippen molar-refractivity contribution in [2.45, 2.75) is 38.5 Å². The molecule has 1 saturated heterocycles. The van der Waals surface area contributed by atoms with Crippen molar-refractivity contribution in [2.24, 2.45) is 5.73 Å². The zero-order valence-corrected chi connectivity index (χ0v) is 21.8. The van der Waals surface area contributed by atoms with Crippen molar-refractivity contribution >= 4 is 23.1 Å². The van der Waals surface area contributed by atoms with E-state index in [0.29, 0.717) is 43.3 Å². The lowest BCUT2D eigenvalue weighted by molar-refractivity contribution is 0.495. The van der Waals surface area contributed by atoms with Crippen LogP contribution in [0, 0.1) is 0 Å². The number of pyridine rings is 1. The summed E-state index contributed by atoms with van der Waals surface area (Å²) < 4.78 is 3.72. The second kappa shape index (κ2) is 11.1. The molecule has 198 valence electrons. The van der Waals surface area contributed by atoms with E-state index in [1.807, 2.05) is 65.2 Å². The number of nitrogens with one attached hydrogen (secondary N) is 1. The molecule has 1 atom stereocenters. The molecule has 39 heavy (non-hydrogen) atoms. The standard InChI is InChI=1S/C30H32N8O/c31-25-12-7-17-36(21-25)30-35-27-26(37(30)19-23-10-5-2-6-11-23)28(39)38(20-24-13-15-32-16-14-24)29(34-27)33-18-22-8-3-1-4-9-22/h1-6,8-11,13-16,25H,7,12,17-21,31H2,(H,33,34). The first-order valence-electron chi connectivity index (χ1n) is 13.4. The number of benzene rings is 2. The second-order valence-electron chi connectivity index (χ2n) is 10.0. The normalized spacial score (nSPS) is 15.5. The van der Waals surface area contributed by atoms with E-state index < -0.39 is 0 Å². The summed E-state index contributed by atoms with van der Waals surface area (Å²) in [4.78, 5) is 30.5. The lowest BCUT2D eigenvalue weighted by Crippen LogP contribution is -2.44. The van der Waals surface area contributed by atoms with Gasteiger partial charge in [0.1, 0.15) is 0 Å². The average Bonchev–Trinajstić information content (AvgIpc) is 3.33. The SMILES string of the molecule is NC1CCCN(c2nc3nc(NCc4ccccc4)n(Cc4ccncc4)c(=O)c3n2Cc2ccccc2)C1. The summed E-state index contributed by atoms with van der Waals surface area (Å²) >= 11 is 0. The molecule has 1 aliphatic heterocycles. The third-order valence-corrected chi connectivity index (χ3v) is 7.15. The fraction of sp³-hybridized carbons (Fsp3) is 0.267. The Labute approximate surface area is 227 Å². The van der Waals surface area contributed by atoms with Gasteiger partial charge in [0.05, 0.1) is 13.1 Å². The van der Waals surface area contributed by atoms with Gasteiger partial charge in [-0.05, 0) is 41.7 Å². The van der Waals surface area contributed by atoms with Crippen molar-refractivity contribution in [1.82, 2.24) is 24.1 Å². The van der Waals surface area contributed by atoms with E-state index in [1.165, 1.54) is 0 Å². The third kappa shape index (κ3) is 5.39. The fourth-order valence-corrected chi connectivity index (χ4v) is 5.18. The Morgan fingerprint density at radius 1 is 0.846 bits per heavy atom. The molecule has 4 heterocycles. The summed E-state index contributed by atoms with van der Waals surface area (Å²) in [6.07, 6.45) is 5.45. The van der Waals surface area contributed by atoms with E-state index >= 15 is 0 Å². The molecule has 2 aromatic carbocycles. The summed E-state index contributed by atoms with van der Waals surface area (Å²) in [6, 6.07) is 24.1. The number of piperidine rings is 1. The molecule has 0 bridgehead atoms. The van der Waals surface area contributed by atoms with Crippen molar-refractivity contribution in [2.75, 3.05) is 23.3 Å². The molecule has 6 rings (SSSR count). The van der Waals surface area contributed by atoms with Crippen molar-refractivity contribution < 1.29 is 0 Å². The summed E-state index contributed by atoms with van der Waals surface area (Å²) in [7, 11) is 0. The molecule has 1 unspecified atom stereocenters. The molecule has 0 amide bonds. The second-order valence-corrected chi connectivity index (χ2v) is 10.0. The average molecular weight is 521 g/mol. The number of fused-ring (bicyclic) bond motifs is 1. The zero-order chi connectivity index (χ0) is 26.6. The summed E-state index contributed by atoms with van der Waals surface area (Å²) in [5, 5.41) is 3.40. The van der Waals surface area contributed by atoms with Gasteiger partial charge in [0.25, 0.3) is 5.56 Å². The minimum atomic E-state index is -0.136. The molecule has 5 aromatic rings. The zero-order valence-electron chi connectivity index (χ0n) is 21.8. The van der Waals surface area contributed by atoms with Crippen molar-refractivity contribution in [3.05, 3.63) is 112 Å². The van der Waals surface area contributed by atoms with Gasteiger partial charge < -0.3 is 16.0 Å². The van der Waals surface area contributed by atoms with Crippen LogP contribution in [0.15, 0.2) is 90.0 Å². The molecular formula is C30H32N8O. The maximum atomic E-state index is 14.3. The Bertz CT molecular complexity index is 1600. The van der Waals surface area contributed by atoms with Crippen LogP contribution in [0.3, 0.4) is 0 Å². The van der Waals surface area contributed by atoms with E-state index in [9.17, 15) is 4.79 Å². The minimum absolute atomic E-state index is 0.0724. The number of nitrogens with two attached hydrogens (primary N) is 1. The highest BCUT2D eigenvalue weighted by Crippen LogP contribution is 2.25. The predicted molar refractivity (Wildman–Crippen MR) is 154 cm³/mol. The van der Waals surface area contributed by atoms with E-state index in [0.717, 1.165) is 42.0 Å². The van der Waals surface area contributed by atoms with Crippen LogP contribution in [-0.2, 0) is 19.6 Å². The topological polar surface area (TPSA) is 107 Å². The largest absolute Gasteiger partial charge is 0.351 e. The van der Waals surface area contributed by atoms with E-state index in [2.05, 4.69) is 27.3 Å². The molecule has 0 radical (unpaired) electrons. The maximum Gasteiger partial charge on any atom is 0.281 e. The maximum absolute atomic E-state index is 14.3. The van der Waals surface area contributed by atoms with E-state index in [-0.39, 0.29) is 11.6 Å². The van der Waals surface area contributed by atoms with Gasteiger partial charge in [-0.25, -0.2) is 0 Å². The smallest absolute Gasteiger partial charge is 0.281 e. The number of rotatable bonds is 8. The minimum Gasteiger partial charge on any atom is -0.351 e. The fourth-order valence-electron chi connectivity index (χ4n) is 5.18. The molecule has 0 saturated carbocycles. The van der Waals surface area contributed by atoms with Gasteiger partial charge in [0.2, 0.25) is 11.9 Å². The molecule has 0 spiro atoms. The molecule has 3 aromatic heterocycles. The number of nitrogens with zero attached hydrogens (tertiary/aromatic N) is 6. The van der Waals surface area contributed by atoms with E-state index in [1.54, 1.807) is 17.0 Å². The molecule has 9 heteroatoms.